The summed E-state index contributed by atoms with van der Waals surface area (Å²) in [6.07, 6.45) is 13.6. The molecule has 37 heavy (non-hydrogen) atoms. The highest BCUT2D eigenvalue weighted by Crippen LogP contribution is 2.68. The van der Waals surface area contributed by atoms with Crippen LogP contribution in [0.1, 0.15) is 105 Å². The van der Waals surface area contributed by atoms with Crippen molar-refractivity contribution in [1.82, 2.24) is 0 Å². The number of ether oxygens (including phenoxy) is 1. The zero-order valence-electron chi connectivity index (χ0n) is 24.2. The Hall–Kier alpha value is -1.42. The Balaban J connectivity index is 1.37. The lowest BCUT2D eigenvalue weighted by Crippen LogP contribution is -2.60. The lowest BCUT2D eigenvalue weighted by Gasteiger charge is -2.63. The van der Waals surface area contributed by atoms with Crippen LogP contribution in [0.2, 0.25) is 0 Å². The van der Waals surface area contributed by atoms with Crippen molar-refractivity contribution in [2.75, 3.05) is 11.5 Å². The fourth-order valence-electron chi connectivity index (χ4n) is 10.3. The summed E-state index contributed by atoms with van der Waals surface area (Å²) in [5.41, 5.74) is 14.1. The van der Waals surface area contributed by atoms with Gasteiger partial charge in [0.15, 0.2) is 0 Å². The first-order valence-corrected chi connectivity index (χ1v) is 15.5. The van der Waals surface area contributed by atoms with E-state index in [1.54, 1.807) is 6.07 Å². The van der Waals surface area contributed by atoms with Gasteiger partial charge in [-0.2, -0.15) is 0 Å². The molecule has 4 fully saturated rings. The van der Waals surface area contributed by atoms with E-state index in [0.29, 0.717) is 35.0 Å². The number of nitrogens with two attached hydrogens (primary N) is 2. The molecule has 4 aliphatic carbocycles. The predicted molar refractivity (Wildman–Crippen MR) is 154 cm³/mol. The molecular formula is C33H54N2O2. The minimum Gasteiger partial charge on any atom is -0.488 e. The largest absolute Gasteiger partial charge is 0.488 e. The van der Waals surface area contributed by atoms with Gasteiger partial charge in [0, 0.05) is 17.5 Å². The molecule has 1 unspecified atom stereocenters. The molecule has 5 rings (SSSR count). The summed E-state index contributed by atoms with van der Waals surface area (Å²) in [6.45, 7) is 12.5. The van der Waals surface area contributed by atoms with Gasteiger partial charge in [-0.15, -0.1) is 0 Å². The third-order valence-electron chi connectivity index (χ3n) is 12.2. The molecule has 0 aliphatic heterocycles. The molecule has 5 N–H and O–H groups in total. The van der Waals surface area contributed by atoms with Crippen LogP contribution >= 0.6 is 0 Å². The molecule has 4 saturated carbocycles. The zero-order chi connectivity index (χ0) is 26.5. The Morgan fingerprint density at radius 1 is 0.973 bits per heavy atom. The van der Waals surface area contributed by atoms with Crippen LogP contribution in [-0.4, -0.2) is 17.3 Å². The van der Waals surface area contributed by atoms with Crippen molar-refractivity contribution >= 4 is 11.4 Å². The zero-order valence-corrected chi connectivity index (χ0v) is 24.2. The number of rotatable bonds is 7. The van der Waals surface area contributed by atoms with Crippen molar-refractivity contribution in [3.63, 3.8) is 0 Å². The van der Waals surface area contributed by atoms with Crippen molar-refractivity contribution in [3.8, 4) is 5.75 Å². The number of nitrogen functional groups attached to an aromatic ring is 2. The third kappa shape index (κ3) is 4.79. The van der Waals surface area contributed by atoms with Gasteiger partial charge >= 0.3 is 0 Å². The maximum Gasteiger partial charge on any atom is 0.142 e. The molecule has 0 heterocycles. The summed E-state index contributed by atoms with van der Waals surface area (Å²) in [6, 6.07) is 5.59. The average molecular weight is 511 g/mol. The summed E-state index contributed by atoms with van der Waals surface area (Å²) < 4.78 is 6.75. The second kappa shape index (κ2) is 10.3. The molecule has 0 saturated heterocycles. The number of hydrogen-bond acceptors (Lipinski definition) is 4. The summed E-state index contributed by atoms with van der Waals surface area (Å²) in [5, 5.41) is 10.9. The van der Waals surface area contributed by atoms with Crippen molar-refractivity contribution in [2.45, 2.75) is 117 Å². The molecule has 0 bridgehead atoms. The molecule has 1 aromatic rings. The molecule has 1 aromatic carbocycles. The molecule has 0 aromatic heterocycles. The van der Waals surface area contributed by atoms with Gasteiger partial charge in [-0.25, -0.2) is 0 Å². The van der Waals surface area contributed by atoms with Crippen molar-refractivity contribution in [2.24, 2.45) is 52.3 Å². The third-order valence-corrected chi connectivity index (χ3v) is 12.2. The maximum absolute atomic E-state index is 10.9. The van der Waals surface area contributed by atoms with Gasteiger partial charge in [0.05, 0.1) is 11.8 Å². The van der Waals surface area contributed by atoms with Crippen molar-refractivity contribution in [1.29, 1.82) is 0 Å². The Kier molecular flexibility index (Phi) is 7.55. The van der Waals surface area contributed by atoms with Crippen LogP contribution in [0.3, 0.4) is 0 Å². The normalized spacial score (nSPS) is 42.1. The van der Waals surface area contributed by atoms with E-state index in [0.717, 1.165) is 41.8 Å². The Morgan fingerprint density at radius 2 is 1.76 bits per heavy atom. The monoisotopic (exact) mass is 510 g/mol. The minimum absolute atomic E-state index is 0.00325. The van der Waals surface area contributed by atoms with Crippen LogP contribution in [0, 0.1) is 52.3 Å². The van der Waals surface area contributed by atoms with Crippen molar-refractivity contribution < 1.29 is 9.84 Å². The van der Waals surface area contributed by atoms with Crippen LogP contribution in [0.25, 0.3) is 0 Å². The average Bonchev–Trinajstić information content (AvgIpc) is 3.18. The summed E-state index contributed by atoms with van der Waals surface area (Å²) in [7, 11) is 0. The van der Waals surface area contributed by atoms with E-state index in [1.807, 2.05) is 12.1 Å². The molecular weight excluding hydrogens is 456 g/mol. The predicted octanol–water partition coefficient (Wildman–Crippen LogP) is 7.69. The van der Waals surface area contributed by atoms with E-state index in [4.69, 9.17) is 16.2 Å². The molecule has 208 valence electrons. The molecule has 4 nitrogen and oxygen atoms in total. The number of aliphatic hydroxyl groups excluding tert-OH is 1. The van der Waals surface area contributed by atoms with E-state index in [1.165, 1.54) is 57.8 Å². The highest BCUT2D eigenvalue weighted by Gasteiger charge is 2.63. The second-order valence-corrected chi connectivity index (χ2v) is 14.6. The minimum atomic E-state index is -0.286. The molecule has 4 aliphatic rings. The summed E-state index contributed by atoms with van der Waals surface area (Å²) in [4.78, 5) is 0. The summed E-state index contributed by atoms with van der Waals surface area (Å²) in [5.74, 6) is 6.09. The molecule has 0 amide bonds. The van der Waals surface area contributed by atoms with E-state index in [2.05, 4.69) is 34.6 Å². The highest BCUT2D eigenvalue weighted by atomic mass is 16.5. The fourth-order valence-corrected chi connectivity index (χ4v) is 10.3. The van der Waals surface area contributed by atoms with Crippen LogP contribution < -0.4 is 16.2 Å². The smallest absolute Gasteiger partial charge is 0.142 e. The van der Waals surface area contributed by atoms with Crippen LogP contribution in [-0.2, 0) is 0 Å². The topological polar surface area (TPSA) is 81.5 Å². The Bertz CT molecular complexity index is 948. The number of aliphatic hydroxyl groups is 1. The number of benzene rings is 1. The molecule has 0 radical (unpaired) electrons. The Morgan fingerprint density at radius 3 is 2.49 bits per heavy atom. The number of fused-ring (bicyclic) bond motifs is 5. The quantitative estimate of drug-likeness (QED) is 0.328. The standard InChI is InChI=1S/C33H54N2O2/c1-20(2)7-6-8-21(3)26-12-13-27-25-11-9-22-17-24(36)19-31(37-30-14-10-23(34)18-29(30)35)33(22,5)28(25)15-16-32(26,27)4/h10,14,18,20-22,24-28,31,36H,6-9,11-13,15-17,19,34-35H2,1-5H3/t21-,22-,24+,25-,26-,27+,28+,31?,32-,33+/m1/s1. The fraction of sp³-hybridized carbons (Fsp3) is 0.818. The summed E-state index contributed by atoms with van der Waals surface area (Å²) >= 11 is 0. The van der Waals surface area contributed by atoms with Gasteiger partial charge in [-0.3, -0.25) is 0 Å². The first kappa shape index (κ1) is 27.2. The highest BCUT2D eigenvalue weighted by molar-refractivity contribution is 5.60. The van der Waals surface area contributed by atoms with Crippen molar-refractivity contribution in [3.05, 3.63) is 18.2 Å². The van der Waals surface area contributed by atoms with E-state index < -0.39 is 0 Å². The molecule has 4 heteroatoms. The van der Waals surface area contributed by atoms with Gasteiger partial charge < -0.3 is 21.3 Å². The number of anilines is 2. The van der Waals surface area contributed by atoms with E-state index in [-0.39, 0.29) is 17.6 Å². The van der Waals surface area contributed by atoms with E-state index >= 15 is 0 Å². The van der Waals surface area contributed by atoms with E-state index in [9.17, 15) is 5.11 Å². The van der Waals surface area contributed by atoms with Gasteiger partial charge in [-0.1, -0.05) is 53.9 Å². The van der Waals surface area contributed by atoms with Crippen LogP contribution in [0.15, 0.2) is 18.2 Å². The van der Waals surface area contributed by atoms with Crippen LogP contribution in [0.4, 0.5) is 11.4 Å². The van der Waals surface area contributed by atoms with Gasteiger partial charge in [-0.05, 0) is 110 Å². The van der Waals surface area contributed by atoms with Crippen LogP contribution in [0.5, 0.6) is 5.75 Å². The lowest BCUT2D eigenvalue weighted by atomic mass is 9.43. The number of hydrogen-bond donors (Lipinski definition) is 3. The molecule has 0 spiro atoms. The van der Waals surface area contributed by atoms with Gasteiger partial charge in [0.2, 0.25) is 0 Å². The first-order valence-electron chi connectivity index (χ1n) is 15.5. The molecule has 10 atom stereocenters. The SMILES string of the molecule is CC(C)CCC[C@@H](C)[C@H]1CC[C@H]2[C@H]3CC[C@@H]4C[C@H](O)CC(Oc5ccc(N)cc5N)[C@]4(C)[C@H]3CC[C@]12C. The first-order chi connectivity index (χ1) is 17.5. The van der Waals surface area contributed by atoms with Gasteiger partial charge in [0.1, 0.15) is 11.9 Å². The Labute approximate surface area is 226 Å². The van der Waals surface area contributed by atoms with Gasteiger partial charge in [0.25, 0.3) is 0 Å². The maximum atomic E-state index is 10.9. The lowest BCUT2D eigenvalue weighted by molar-refractivity contribution is -0.174. The second-order valence-electron chi connectivity index (χ2n) is 14.6.